The number of ether oxygens (including phenoxy) is 1. The van der Waals surface area contributed by atoms with E-state index in [-0.39, 0.29) is 11.9 Å². The molecule has 3 aromatic carbocycles. The molecule has 3 aromatic rings. The Hall–Kier alpha value is -3.07. The van der Waals surface area contributed by atoms with Crippen molar-refractivity contribution in [2.45, 2.75) is 51.7 Å². The molecule has 0 bridgehead atoms. The molecule has 4 rings (SSSR count). The Bertz CT molecular complexity index is 1010. The monoisotopic (exact) mass is 399 g/mol. The Morgan fingerprint density at radius 3 is 2.37 bits per heavy atom. The number of hydrogen-bond donors (Lipinski definition) is 1. The van der Waals surface area contributed by atoms with Gasteiger partial charge in [-0.15, -0.1) is 0 Å². The molecule has 2 unspecified atom stereocenters. The zero-order valence-corrected chi connectivity index (χ0v) is 17.7. The van der Waals surface area contributed by atoms with Crippen molar-refractivity contribution in [2.24, 2.45) is 0 Å². The van der Waals surface area contributed by atoms with Gasteiger partial charge in [-0.2, -0.15) is 0 Å². The van der Waals surface area contributed by atoms with Gasteiger partial charge in [-0.05, 0) is 79.5 Å². The molecule has 2 atom stereocenters. The molecule has 0 heterocycles. The molecule has 0 saturated heterocycles. The summed E-state index contributed by atoms with van der Waals surface area (Å²) in [6.45, 7) is 3.89. The maximum Gasteiger partial charge on any atom is 0.261 e. The van der Waals surface area contributed by atoms with Gasteiger partial charge < -0.3 is 10.1 Å². The normalized spacial score (nSPS) is 15.0. The number of aryl methyl sites for hydroxylation is 3. The number of hydrogen-bond acceptors (Lipinski definition) is 2. The van der Waals surface area contributed by atoms with Crippen molar-refractivity contribution < 1.29 is 9.53 Å². The van der Waals surface area contributed by atoms with Crippen LogP contribution in [0.4, 0.5) is 0 Å². The average Bonchev–Trinajstić information content (AvgIpc) is 2.78. The highest BCUT2D eigenvalue weighted by molar-refractivity contribution is 5.81. The fraction of sp³-hybridized carbons (Fsp3) is 0.296. The Labute approximate surface area is 179 Å². The molecule has 3 nitrogen and oxygen atoms in total. The molecule has 3 heteroatoms. The number of benzene rings is 3. The van der Waals surface area contributed by atoms with Gasteiger partial charge >= 0.3 is 0 Å². The van der Waals surface area contributed by atoms with Gasteiger partial charge in [-0.25, -0.2) is 0 Å². The Kier molecular flexibility index (Phi) is 6.18. The smallest absolute Gasteiger partial charge is 0.261 e. The van der Waals surface area contributed by atoms with Crippen LogP contribution in [0, 0.1) is 6.92 Å². The summed E-state index contributed by atoms with van der Waals surface area (Å²) in [5.74, 6) is 0.648. The van der Waals surface area contributed by atoms with Crippen LogP contribution in [0.3, 0.4) is 0 Å². The van der Waals surface area contributed by atoms with Crippen molar-refractivity contribution in [3.05, 3.63) is 101 Å². The van der Waals surface area contributed by atoms with Crippen molar-refractivity contribution >= 4 is 5.91 Å². The van der Waals surface area contributed by atoms with Gasteiger partial charge in [0.2, 0.25) is 0 Å². The van der Waals surface area contributed by atoms with E-state index < -0.39 is 6.10 Å². The Morgan fingerprint density at radius 1 is 0.900 bits per heavy atom. The summed E-state index contributed by atoms with van der Waals surface area (Å²) < 4.78 is 6.03. The summed E-state index contributed by atoms with van der Waals surface area (Å²) >= 11 is 0. The molecular weight excluding hydrogens is 370 g/mol. The predicted octanol–water partition coefficient (Wildman–Crippen LogP) is 5.55. The fourth-order valence-electron chi connectivity index (χ4n) is 4.20. The average molecular weight is 400 g/mol. The number of carbonyl (C=O) groups is 1. The van der Waals surface area contributed by atoms with Gasteiger partial charge in [0, 0.05) is 0 Å². The maximum atomic E-state index is 13.1. The molecule has 1 aliphatic carbocycles. The lowest BCUT2D eigenvalue weighted by atomic mass is 9.92. The highest BCUT2D eigenvalue weighted by Crippen LogP contribution is 2.27. The Balaban J connectivity index is 1.51. The minimum Gasteiger partial charge on any atom is -0.481 e. The van der Waals surface area contributed by atoms with Crippen molar-refractivity contribution in [2.75, 3.05) is 0 Å². The molecule has 1 aliphatic rings. The first-order valence-corrected chi connectivity index (χ1v) is 10.8. The van der Waals surface area contributed by atoms with Gasteiger partial charge in [0.05, 0.1) is 6.04 Å². The van der Waals surface area contributed by atoms with Crippen molar-refractivity contribution in [1.82, 2.24) is 5.32 Å². The zero-order valence-electron chi connectivity index (χ0n) is 17.7. The van der Waals surface area contributed by atoms with Gasteiger partial charge in [-0.3, -0.25) is 4.79 Å². The van der Waals surface area contributed by atoms with Crippen LogP contribution in [-0.2, 0) is 17.6 Å². The van der Waals surface area contributed by atoms with E-state index in [1.54, 1.807) is 0 Å². The number of nitrogens with one attached hydrogen (secondary N) is 1. The second-order valence-electron chi connectivity index (χ2n) is 8.11. The second kappa shape index (κ2) is 9.17. The molecule has 0 aliphatic heterocycles. The molecule has 154 valence electrons. The van der Waals surface area contributed by atoms with Crippen LogP contribution < -0.4 is 10.1 Å². The second-order valence-corrected chi connectivity index (χ2v) is 8.11. The lowest BCUT2D eigenvalue weighted by Crippen LogP contribution is -2.39. The molecule has 1 N–H and O–H groups in total. The van der Waals surface area contributed by atoms with Gasteiger partial charge in [0.15, 0.2) is 6.10 Å². The number of carbonyl (C=O) groups excluding carboxylic acids is 1. The van der Waals surface area contributed by atoms with Crippen molar-refractivity contribution in [3.63, 3.8) is 0 Å². The summed E-state index contributed by atoms with van der Waals surface area (Å²) in [7, 11) is 0. The first-order valence-electron chi connectivity index (χ1n) is 10.8. The van der Waals surface area contributed by atoms with E-state index in [0.29, 0.717) is 0 Å². The van der Waals surface area contributed by atoms with Crippen LogP contribution in [0.2, 0.25) is 0 Å². The molecule has 0 radical (unpaired) electrons. The maximum absolute atomic E-state index is 13.1. The van der Waals surface area contributed by atoms with Crippen LogP contribution in [0.1, 0.15) is 53.6 Å². The van der Waals surface area contributed by atoms with E-state index in [1.165, 1.54) is 24.0 Å². The minimum absolute atomic E-state index is 0.121. The molecule has 0 aromatic heterocycles. The molecule has 1 amide bonds. The van der Waals surface area contributed by atoms with Crippen LogP contribution in [0.15, 0.2) is 72.8 Å². The lowest BCUT2D eigenvalue weighted by molar-refractivity contribution is -0.127. The highest BCUT2D eigenvalue weighted by Gasteiger charge is 2.23. The fourth-order valence-corrected chi connectivity index (χ4v) is 4.20. The standard InChI is InChI=1S/C27H29NO2/c1-19-10-6-9-15-25(19)26(22-12-4-3-5-13-22)28-27(29)20(2)30-24-17-16-21-11-7-8-14-23(21)18-24/h3-6,9-10,12-13,15-18,20,26H,7-8,11,14H2,1-2H3,(H,28,29). The van der Waals surface area contributed by atoms with Crippen molar-refractivity contribution in [1.29, 1.82) is 0 Å². The van der Waals surface area contributed by atoms with Crippen molar-refractivity contribution in [3.8, 4) is 5.75 Å². The summed E-state index contributed by atoms with van der Waals surface area (Å²) in [4.78, 5) is 13.1. The first-order chi connectivity index (χ1) is 14.6. The largest absolute Gasteiger partial charge is 0.481 e. The van der Waals surface area contributed by atoms with Gasteiger partial charge in [0.25, 0.3) is 5.91 Å². The SMILES string of the molecule is Cc1ccccc1C(NC(=O)C(C)Oc1ccc2c(c1)CCCC2)c1ccccc1. The van der Waals surface area contributed by atoms with Gasteiger partial charge in [-0.1, -0.05) is 60.7 Å². The van der Waals surface area contributed by atoms with Crippen LogP contribution >= 0.6 is 0 Å². The molecule has 0 spiro atoms. The molecule has 0 saturated carbocycles. The summed E-state index contributed by atoms with van der Waals surface area (Å²) in [5, 5.41) is 3.21. The van der Waals surface area contributed by atoms with E-state index in [0.717, 1.165) is 35.3 Å². The quantitative estimate of drug-likeness (QED) is 0.590. The van der Waals surface area contributed by atoms with Crippen LogP contribution in [-0.4, -0.2) is 12.0 Å². The predicted molar refractivity (Wildman–Crippen MR) is 121 cm³/mol. The van der Waals surface area contributed by atoms with E-state index in [1.807, 2.05) is 55.5 Å². The topological polar surface area (TPSA) is 38.3 Å². The summed E-state index contributed by atoms with van der Waals surface area (Å²) in [6, 6.07) is 24.3. The molecule has 30 heavy (non-hydrogen) atoms. The number of amides is 1. The zero-order chi connectivity index (χ0) is 20.9. The molecular formula is C27H29NO2. The lowest BCUT2D eigenvalue weighted by Gasteiger charge is -2.24. The summed E-state index contributed by atoms with van der Waals surface area (Å²) in [6.07, 6.45) is 4.13. The van der Waals surface area contributed by atoms with Crippen LogP contribution in [0.5, 0.6) is 5.75 Å². The van der Waals surface area contributed by atoms with E-state index >= 15 is 0 Å². The third kappa shape index (κ3) is 4.56. The highest BCUT2D eigenvalue weighted by atomic mass is 16.5. The van der Waals surface area contributed by atoms with E-state index in [4.69, 9.17) is 4.74 Å². The first kappa shape index (κ1) is 20.2. The summed E-state index contributed by atoms with van der Waals surface area (Å²) in [5.41, 5.74) is 6.07. The minimum atomic E-state index is -0.582. The Morgan fingerprint density at radius 2 is 1.60 bits per heavy atom. The third-order valence-corrected chi connectivity index (χ3v) is 5.92. The number of fused-ring (bicyclic) bond motifs is 1. The van der Waals surface area contributed by atoms with Crippen LogP contribution in [0.25, 0.3) is 0 Å². The van der Waals surface area contributed by atoms with E-state index in [9.17, 15) is 4.79 Å². The van der Waals surface area contributed by atoms with Gasteiger partial charge in [0.1, 0.15) is 5.75 Å². The number of rotatable bonds is 6. The van der Waals surface area contributed by atoms with E-state index in [2.05, 4.69) is 36.5 Å². The third-order valence-electron chi connectivity index (χ3n) is 5.92. The molecule has 0 fully saturated rings.